The Hall–Kier alpha value is -3.09. The van der Waals surface area contributed by atoms with Crippen LogP contribution in [0.4, 0.5) is 11.4 Å². The fraction of sp³-hybridized carbons (Fsp3) is 0.316. The number of anilines is 1. The average Bonchev–Trinajstić information content (AvgIpc) is 2.65. The van der Waals surface area contributed by atoms with Crippen molar-refractivity contribution in [3.63, 3.8) is 0 Å². The summed E-state index contributed by atoms with van der Waals surface area (Å²) in [4.78, 5) is 22.4. The molecule has 0 saturated heterocycles. The van der Waals surface area contributed by atoms with E-state index in [4.69, 9.17) is 9.47 Å². The number of benzene rings is 2. The lowest BCUT2D eigenvalue weighted by atomic mass is 10.1. The van der Waals surface area contributed by atoms with Crippen molar-refractivity contribution in [1.82, 2.24) is 0 Å². The summed E-state index contributed by atoms with van der Waals surface area (Å²) in [6, 6.07) is 11.6. The molecule has 0 aliphatic carbocycles. The van der Waals surface area contributed by atoms with E-state index in [1.807, 2.05) is 24.3 Å². The molecule has 0 aliphatic heterocycles. The van der Waals surface area contributed by atoms with Crippen LogP contribution in [-0.2, 0) is 11.2 Å². The zero-order valence-electron chi connectivity index (χ0n) is 14.9. The van der Waals surface area contributed by atoms with Gasteiger partial charge >= 0.3 is 0 Å². The molecule has 0 heterocycles. The predicted octanol–water partition coefficient (Wildman–Crippen LogP) is 3.96. The smallest absolute Gasteiger partial charge is 0.273 e. The minimum atomic E-state index is -0.535. The van der Waals surface area contributed by atoms with Gasteiger partial charge in [-0.25, -0.2) is 0 Å². The molecule has 0 spiro atoms. The lowest BCUT2D eigenvalue weighted by Crippen LogP contribution is -2.20. The molecule has 0 saturated carbocycles. The number of ether oxygens (including phenoxy) is 2. The van der Waals surface area contributed by atoms with Crippen LogP contribution in [0.25, 0.3) is 0 Å². The molecule has 0 fully saturated rings. The molecular formula is C19H22N2O5. The van der Waals surface area contributed by atoms with Gasteiger partial charge in [-0.1, -0.05) is 25.5 Å². The number of nitro benzene ring substituents is 1. The molecule has 2 aromatic rings. The first-order valence-electron chi connectivity index (χ1n) is 8.37. The summed E-state index contributed by atoms with van der Waals surface area (Å²) in [6.07, 6.45) is 3.28. The lowest BCUT2D eigenvalue weighted by Gasteiger charge is -2.11. The molecule has 0 bridgehead atoms. The third-order valence-electron chi connectivity index (χ3n) is 3.77. The second-order valence-electron chi connectivity index (χ2n) is 5.73. The average molecular weight is 358 g/mol. The number of non-ortho nitro benzene ring substituents is 1. The highest BCUT2D eigenvalue weighted by molar-refractivity contribution is 5.91. The summed E-state index contributed by atoms with van der Waals surface area (Å²) < 4.78 is 10.5. The molecule has 2 aromatic carbocycles. The van der Waals surface area contributed by atoms with Crippen molar-refractivity contribution in [2.24, 2.45) is 0 Å². The van der Waals surface area contributed by atoms with Gasteiger partial charge in [-0.3, -0.25) is 14.9 Å². The number of amides is 1. The Labute approximate surface area is 152 Å². The van der Waals surface area contributed by atoms with E-state index in [-0.39, 0.29) is 24.0 Å². The van der Waals surface area contributed by atoms with Gasteiger partial charge in [-0.05, 0) is 36.6 Å². The summed E-state index contributed by atoms with van der Waals surface area (Å²) in [6.45, 7) is 1.86. The first-order chi connectivity index (χ1) is 12.5. The van der Waals surface area contributed by atoms with E-state index < -0.39 is 4.92 Å². The second-order valence-corrected chi connectivity index (χ2v) is 5.73. The maximum Gasteiger partial charge on any atom is 0.273 e. The van der Waals surface area contributed by atoms with Crippen LogP contribution in [0.3, 0.4) is 0 Å². The SMILES string of the molecule is CCCCc1ccc(NC(=O)COc2cc([N+](=O)[O-])ccc2OC)cc1. The summed E-state index contributed by atoms with van der Waals surface area (Å²) in [5.74, 6) is 0.107. The van der Waals surface area contributed by atoms with Crippen LogP contribution in [0.5, 0.6) is 11.5 Å². The number of aryl methyl sites for hydroxylation is 1. The zero-order valence-corrected chi connectivity index (χ0v) is 14.9. The van der Waals surface area contributed by atoms with E-state index in [0.29, 0.717) is 11.4 Å². The Bertz CT molecular complexity index is 759. The highest BCUT2D eigenvalue weighted by atomic mass is 16.6. The molecule has 0 aliphatic rings. The number of nitrogens with one attached hydrogen (secondary N) is 1. The number of hydrogen-bond acceptors (Lipinski definition) is 5. The molecule has 2 rings (SSSR count). The first-order valence-corrected chi connectivity index (χ1v) is 8.37. The van der Waals surface area contributed by atoms with Crippen molar-refractivity contribution in [3.05, 3.63) is 58.1 Å². The maximum atomic E-state index is 12.1. The number of unbranched alkanes of at least 4 members (excludes halogenated alkanes) is 1. The van der Waals surface area contributed by atoms with Crippen molar-refractivity contribution < 1.29 is 19.2 Å². The van der Waals surface area contributed by atoms with Gasteiger partial charge in [0.25, 0.3) is 11.6 Å². The number of nitrogens with zero attached hydrogens (tertiary/aromatic N) is 1. The van der Waals surface area contributed by atoms with Crippen LogP contribution in [0.2, 0.25) is 0 Å². The van der Waals surface area contributed by atoms with Crippen molar-refractivity contribution in [1.29, 1.82) is 0 Å². The molecule has 7 heteroatoms. The molecule has 1 N–H and O–H groups in total. The molecule has 7 nitrogen and oxygen atoms in total. The van der Waals surface area contributed by atoms with Gasteiger partial charge in [0.1, 0.15) is 0 Å². The monoisotopic (exact) mass is 358 g/mol. The van der Waals surface area contributed by atoms with Crippen molar-refractivity contribution in [3.8, 4) is 11.5 Å². The molecule has 0 atom stereocenters. The third-order valence-corrected chi connectivity index (χ3v) is 3.77. The van der Waals surface area contributed by atoms with E-state index in [9.17, 15) is 14.9 Å². The predicted molar refractivity (Wildman–Crippen MR) is 98.8 cm³/mol. The number of methoxy groups -OCH3 is 1. The number of hydrogen-bond donors (Lipinski definition) is 1. The highest BCUT2D eigenvalue weighted by Crippen LogP contribution is 2.31. The third kappa shape index (κ3) is 5.47. The van der Waals surface area contributed by atoms with Crippen LogP contribution in [0.15, 0.2) is 42.5 Å². The van der Waals surface area contributed by atoms with E-state index in [1.165, 1.54) is 30.9 Å². The van der Waals surface area contributed by atoms with Crippen LogP contribution in [0, 0.1) is 10.1 Å². The van der Waals surface area contributed by atoms with Crippen LogP contribution < -0.4 is 14.8 Å². The normalized spacial score (nSPS) is 10.2. The minimum Gasteiger partial charge on any atom is -0.493 e. The Balaban J connectivity index is 1.94. The number of carbonyl (C=O) groups is 1. The fourth-order valence-electron chi connectivity index (χ4n) is 2.37. The molecule has 138 valence electrons. The van der Waals surface area contributed by atoms with Gasteiger partial charge in [0.2, 0.25) is 0 Å². The standard InChI is InChI=1S/C19H22N2O5/c1-3-4-5-14-6-8-15(9-7-14)20-19(22)13-26-18-12-16(21(23)24)10-11-17(18)25-2/h6-12H,3-5,13H2,1-2H3,(H,20,22). The van der Waals surface area contributed by atoms with E-state index in [0.717, 1.165) is 19.3 Å². The molecule has 1 amide bonds. The lowest BCUT2D eigenvalue weighted by molar-refractivity contribution is -0.385. The van der Waals surface area contributed by atoms with E-state index in [2.05, 4.69) is 12.2 Å². The zero-order chi connectivity index (χ0) is 18.9. The second kappa shape index (κ2) is 9.41. The summed E-state index contributed by atoms with van der Waals surface area (Å²) >= 11 is 0. The number of nitro groups is 1. The van der Waals surface area contributed by atoms with Gasteiger partial charge in [0.15, 0.2) is 18.1 Å². The van der Waals surface area contributed by atoms with Crippen molar-refractivity contribution in [2.45, 2.75) is 26.2 Å². The van der Waals surface area contributed by atoms with Crippen LogP contribution in [0.1, 0.15) is 25.3 Å². The molecule has 0 radical (unpaired) electrons. The first kappa shape index (κ1) is 19.2. The fourth-order valence-corrected chi connectivity index (χ4v) is 2.37. The van der Waals surface area contributed by atoms with Gasteiger partial charge in [-0.2, -0.15) is 0 Å². The minimum absolute atomic E-state index is 0.135. The van der Waals surface area contributed by atoms with Crippen molar-refractivity contribution in [2.75, 3.05) is 19.0 Å². The summed E-state index contributed by atoms with van der Waals surface area (Å²) in [5.41, 5.74) is 1.76. The topological polar surface area (TPSA) is 90.7 Å². The van der Waals surface area contributed by atoms with Crippen molar-refractivity contribution >= 4 is 17.3 Å². The Kier molecular flexibility index (Phi) is 6.96. The largest absolute Gasteiger partial charge is 0.493 e. The number of carbonyl (C=O) groups excluding carboxylic acids is 1. The molecule has 0 aromatic heterocycles. The van der Waals surface area contributed by atoms with Gasteiger partial charge < -0.3 is 14.8 Å². The summed E-state index contributed by atoms with van der Waals surface area (Å²) in [7, 11) is 1.42. The van der Waals surface area contributed by atoms with E-state index in [1.54, 1.807) is 0 Å². The Morgan fingerprint density at radius 2 is 1.88 bits per heavy atom. The quantitative estimate of drug-likeness (QED) is 0.541. The summed E-state index contributed by atoms with van der Waals surface area (Å²) in [5, 5.41) is 13.6. The molecular weight excluding hydrogens is 336 g/mol. The Morgan fingerprint density at radius 3 is 2.50 bits per heavy atom. The van der Waals surface area contributed by atoms with Gasteiger partial charge in [0, 0.05) is 11.8 Å². The highest BCUT2D eigenvalue weighted by Gasteiger charge is 2.14. The molecule has 26 heavy (non-hydrogen) atoms. The molecule has 0 unspecified atom stereocenters. The van der Waals surface area contributed by atoms with Gasteiger partial charge in [-0.15, -0.1) is 0 Å². The van der Waals surface area contributed by atoms with Crippen LogP contribution >= 0.6 is 0 Å². The van der Waals surface area contributed by atoms with Gasteiger partial charge in [0.05, 0.1) is 18.1 Å². The number of rotatable bonds is 9. The maximum absolute atomic E-state index is 12.1. The van der Waals surface area contributed by atoms with E-state index >= 15 is 0 Å². The Morgan fingerprint density at radius 1 is 1.15 bits per heavy atom. The van der Waals surface area contributed by atoms with Crippen LogP contribution in [-0.4, -0.2) is 24.5 Å².